The normalized spacial score (nSPS) is 11.6. The van der Waals surface area contributed by atoms with Gasteiger partial charge < -0.3 is 14.5 Å². The van der Waals surface area contributed by atoms with Crippen molar-refractivity contribution in [2.75, 3.05) is 14.1 Å². The topological polar surface area (TPSA) is 93.0 Å². The number of rotatable bonds is 8. The molecule has 170 valence electrons. The van der Waals surface area contributed by atoms with Gasteiger partial charge in [-0.3, -0.25) is 4.79 Å². The first-order chi connectivity index (χ1) is 15.8. The number of sulfonamides is 1. The van der Waals surface area contributed by atoms with Crippen LogP contribution in [0.2, 0.25) is 0 Å². The number of benzene rings is 2. The van der Waals surface area contributed by atoms with E-state index in [4.69, 9.17) is 4.74 Å². The Kier molecular flexibility index (Phi) is 6.43. The number of imidazole rings is 1. The maximum Gasteiger partial charge on any atom is 0.251 e. The molecule has 0 aliphatic carbocycles. The van der Waals surface area contributed by atoms with E-state index in [1.807, 2.05) is 35.0 Å². The molecule has 2 aromatic heterocycles. The lowest BCUT2D eigenvalue weighted by Crippen LogP contribution is -2.27. The van der Waals surface area contributed by atoms with Crippen LogP contribution in [-0.4, -0.2) is 42.1 Å². The predicted octanol–water partition coefficient (Wildman–Crippen LogP) is 3.09. The van der Waals surface area contributed by atoms with Gasteiger partial charge in [-0.2, -0.15) is 0 Å². The van der Waals surface area contributed by atoms with Gasteiger partial charge in [-0.05, 0) is 48.0 Å². The molecule has 0 saturated carbocycles. The van der Waals surface area contributed by atoms with E-state index in [0.717, 1.165) is 15.6 Å². The molecular weight excluding hydrogens is 440 g/mol. The van der Waals surface area contributed by atoms with Gasteiger partial charge in [0.2, 0.25) is 10.0 Å². The molecule has 9 heteroatoms. The third kappa shape index (κ3) is 5.05. The van der Waals surface area contributed by atoms with Gasteiger partial charge in [0.15, 0.2) is 0 Å². The Bertz CT molecular complexity index is 1350. The van der Waals surface area contributed by atoms with E-state index >= 15 is 0 Å². The van der Waals surface area contributed by atoms with E-state index in [9.17, 15) is 13.2 Å². The fourth-order valence-corrected chi connectivity index (χ4v) is 4.41. The highest BCUT2D eigenvalue weighted by molar-refractivity contribution is 7.89. The molecular formula is C24H24N4O4S. The fraction of sp³-hybridized carbons (Fsp3) is 0.167. The summed E-state index contributed by atoms with van der Waals surface area (Å²) in [6.07, 6.45) is 3.83. The lowest BCUT2D eigenvalue weighted by atomic mass is 10.2. The molecule has 0 saturated heterocycles. The van der Waals surface area contributed by atoms with Crippen LogP contribution in [0, 0.1) is 0 Å². The largest absolute Gasteiger partial charge is 0.487 e. The molecule has 4 aromatic rings. The molecule has 8 nitrogen and oxygen atoms in total. The third-order valence-electron chi connectivity index (χ3n) is 5.09. The zero-order valence-electron chi connectivity index (χ0n) is 18.3. The number of carbonyl (C=O) groups excluding carboxylic acids is 1. The highest BCUT2D eigenvalue weighted by Crippen LogP contribution is 2.19. The van der Waals surface area contributed by atoms with E-state index in [-0.39, 0.29) is 17.3 Å². The number of ether oxygens (including phenoxy) is 1. The van der Waals surface area contributed by atoms with Gasteiger partial charge in [-0.15, -0.1) is 0 Å². The first-order valence-corrected chi connectivity index (χ1v) is 11.7. The minimum Gasteiger partial charge on any atom is -0.487 e. The Morgan fingerprint density at radius 3 is 2.48 bits per heavy atom. The fourth-order valence-electron chi connectivity index (χ4n) is 3.29. The molecule has 1 N–H and O–H groups in total. The van der Waals surface area contributed by atoms with Crippen LogP contribution in [0.15, 0.2) is 84.0 Å². The molecule has 2 heterocycles. The lowest BCUT2D eigenvalue weighted by Gasteiger charge is -2.15. The summed E-state index contributed by atoms with van der Waals surface area (Å²) in [6, 6.07) is 19.2. The number of pyridine rings is 1. The Morgan fingerprint density at radius 1 is 1.03 bits per heavy atom. The predicted molar refractivity (Wildman–Crippen MR) is 124 cm³/mol. The number of aromatic nitrogens is 2. The molecule has 0 fully saturated rings. The van der Waals surface area contributed by atoms with E-state index in [0.29, 0.717) is 23.5 Å². The highest BCUT2D eigenvalue weighted by atomic mass is 32.2. The number of hydrogen-bond acceptors (Lipinski definition) is 5. The molecule has 0 aliphatic rings. The number of nitrogens with zero attached hydrogens (tertiary/aromatic N) is 3. The van der Waals surface area contributed by atoms with Gasteiger partial charge >= 0.3 is 0 Å². The van der Waals surface area contributed by atoms with Gasteiger partial charge in [-0.1, -0.05) is 24.3 Å². The minimum atomic E-state index is -3.60. The van der Waals surface area contributed by atoms with Gasteiger partial charge in [0.05, 0.1) is 10.6 Å². The summed E-state index contributed by atoms with van der Waals surface area (Å²) in [5.74, 6) is 0.310. The molecule has 0 aliphatic heterocycles. The first-order valence-electron chi connectivity index (χ1n) is 10.3. The number of carbonyl (C=O) groups is 1. The van der Waals surface area contributed by atoms with Gasteiger partial charge in [0.25, 0.3) is 5.91 Å². The Labute approximate surface area is 192 Å². The van der Waals surface area contributed by atoms with Crippen molar-refractivity contribution in [3.63, 3.8) is 0 Å². The molecule has 0 spiro atoms. The van der Waals surface area contributed by atoms with Crippen LogP contribution >= 0.6 is 0 Å². The van der Waals surface area contributed by atoms with Crippen LogP contribution < -0.4 is 10.1 Å². The number of amides is 1. The summed E-state index contributed by atoms with van der Waals surface area (Å²) in [6.45, 7) is 0.401. The maximum atomic E-state index is 12.6. The average molecular weight is 465 g/mol. The summed E-state index contributed by atoms with van der Waals surface area (Å²) < 4.78 is 33.9. The van der Waals surface area contributed by atoms with Crippen molar-refractivity contribution in [2.24, 2.45) is 0 Å². The van der Waals surface area contributed by atoms with Crippen molar-refractivity contribution in [1.29, 1.82) is 0 Å². The monoisotopic (exact) mass is 464 g/mol. The van der Waals surface area contributed by atoms with Crippen molar-refractivity contribution in [3.05, 3.63) is 95.9 Å². The Hall–Kier alpha value is -3.69. The summed E-state index contributed by atoms with van der Waals surface area (Å²) in [5, 5.41) is 2.78. The third-order valence-corrected chi connectivity index (χ3v) is 7.00. The second-order valence-electron chi connectivity index (χ2n) is 7.59. The second-order valence-corrected chi connectivity index (χ2v) is 9.71. The molecule has 0 radical (unpaired) electrons. The van der Waals surface area contributed by atoms with Crippen molar-refractivity contribution in [3.8, 4) is 5.75 Å². The smallest absolute Gasteiger partial charge is 0.251 e. The SMILES string of the molecule is CN(C)S(=O)(=O)c1ccccc1CNC(=O)c1ccc(OCc2cn3ccccc3n2)cc1. The van der Waals surface area contributed by atoms with E-state index in [2.05, 4.69) is 10.3 Å². The maximum absolute atomic E-state index is 12.6. The van der Waals surface area contributed by atoms with E-state index < -0.39 is 10.0 Å². The summed E-state index contributed by atoms with van der Waals surface area (Å²) in [4.78, 5) is 17.2. The van der Waals surface area contributed by atoms with Crippen LogP contribution in [0.3, 0.4) is 0 Å². The van der Waals surface area contributed by atoms with Crippen LogP contribution in [0.4, 0.5) is 0 Å². The standard InChI is InChI=1S/C24H24N4O4S/c1-27(2)33(30,31)22-8-4-3-7-19(22)15-25-24(29)18-10-12-21(13-11-18)32-17-20-16-28-14-6-5-9-23(28)26-20/h3-14,16H,15,17H2,1-2H3,(H,25,29). The van der Waals surface area contributed by atoms with Gasteiger partial charge in [-0.25, -0.2) is 17.7 Å². The van der Waals surface area contributed by atoms with Gasteiger partial charge in [0.1, 0.15) is 18.0 Å². The van der Waals surface area contributed by atoms with Crippen LogP contribution in [0.25, 0.3) is 5.65 Å². The lowest BCUT2D eigenvalue weighted by molar-refractivity contribution is 0.0950. The Balaban J connectivity index is 1.37. The molecule has 33 heavy (non-hydrogen) atoms. The molecule has 0 unspecified atom stereocenters. The zero-order valence-corrected chi connectivity index (χ0v) is 19.1. The number of hydrogen-bond donors (Lipinski definition) is 1. The van der Waals surface area contributed by atoms with Crippen molar-refractivity contribution < 1.29 is 17.9 Å². The summed E-state index contributed by atoms with van der Waals surface area (Å²) >= 11 is 0. The zero-order chi connectivity index (χ0) is 23.4. The quantitative estimate of drug-likeness (QED) is 0.433. The van der Waals surface area contributed by atoms with Crippen LogP contribution in [0.1, 0.15) is 21.6 Å². The molecule has 4 rings (SSSR count). The average Bonchev–Trinajstić information content (AvgIpc) is 3.24. The van der Waals surface area contributed by atoms with Crippen LogP contribution in [-0.2, 0) is 23.2 Å². The molecule has 1 amide bonds. The highest BCUT2D eigenvalue weighted by Gasteiger charge is 2.21. The molecule has 0 bridgehead atoms. The first kappa shape index (κ1) is 22.5. The van der Waals surface area contributed by atoms with Crippen molar-refractivity contribution in [2.45, 2.75) is 18.0 Å². The number of nitrogens with one attached hydrogen (secondary N) is 1. The summed E-state index contributed by atoms with van der Waals surface area (Å²) in [7, 11) is -0.654. The van der Waals surface area contributed by atoms with Crippen LogP contribution in [0.5, 0.6) is 5.75 Å². The molecule has 2 aromatic carbocycles. The molecule has 0 atom stereocenters. The van der Waals surface area contributed by atoms with Crippen molar-refractivity contribution >= 4 is 21.6 Å². The Morgan fingerprint density at radius 2 is 1.76 bits per heavy atom. The van der Waals surface area contributed by atoms with Gasteiger partial charge in [0, 0.05) is 38.6 Å². The van der Waals surface area contributed by atoms with Crippen molar-refractivity contribution in [1.82, 2.24) is 19.0 Å². The van der Waals surface area contributed by atoms with E-state index in [1.165, 1.54) is 20.2 Å². The van der Waals surface area contributed by atoms with E-state index in [1.54, 1.807) is 42.5 Å². The second kappa shape index (κ2) is 9.43. The summed E-state index contributed by atoms with van der Waals surface area (Å²) in [5.41, 5.74) is 2.62. The number of fused-ring (bicyclic) bond motifs is 1. The minimum absolute atomic E-state index is 0.0915.